The van der Waals surface area contributed by atoms with Gasteiger partial charge in [0.25, 0.3) is 0 Å². The van der Waals surface area contributed by atoms with E-state index in [4.69, 9.17) is 16.3 Å². The van der Waals surface area contributed by atoms with E-state index in [1.165, 1.54) is 0 Å². The molecule has 0 bridgehead atoms. The molecule has 0 atom stereocenters. The molecule has 2 aromatic rings. The molecule has 3 nitrogen and oxygen atoms in total. The van der Waals surface area contributed by atoms with Crippen LogP contribution in [0.25, 0.3) is 10.9 Å². The highest BCUT2D eigenvalue weighted by molar-refractivity contribution is 6.17. The van der Waals surface area contributed by atoms with Crippen molar-refractivity contribution in [2.45, 2.75) is 5.88 Å². The molecule has 1 aromatic heterocycles. The predicted octanol–water partition coefficient (Wildman–Crippen LogP) is 3.06. The van der Waals surface area contributed by atoms with Crippen LogP contribution in [0, 0.1) is 0 Å². The van der Waals surface area contributed by atoms with E-state index < -0.39 is 0 Å². The number of fused-ring (bicyclic) bond motifs is 1. The van der Waals surface area contributed by atoms with Crippen LogP contribution in [-0.4, -0.2) is 32.3 Å². The van der Waals surface area contributed by atoms with Crippen molar-refractivity contribution in [3.63, 3.8) is 0 Å². The summed E-state index contributed by atoms with van der Waals surface area (Å²) < 4.78 is 5.12. The van der Waals surface area contributed by atoms with Gasteiger partial charge in [0.05, 0.1) is 23.7 Å². The van der Waals surface area contributed by atoms with E-state index in [2.05, 4.69) is 23.0 Å². The van der Waals surface area contributed by atoms with Crippen LogP contribution in [0.3, 0.4) is 0 Å². The number of halogens is 1. The summed E-state index contributed by atoms with van der Waals surface area (Å²) in [4.78, 5) is 6.70. The maximum Gasteiger partial charge on any atom is 0.0726 e. The molecule has 2 rings (SSSR count). The van der Waals surface area contributed by atoms with Crippen LogP contribution in [0.1, 0.15) is 5.69 Å². The number of methoxy groups -OCH3 is 1. The standard InChI is InChI=1S/C14H17ClN2O/c1-17(7-8-18-2)14-9-11(10-15)16-13-6-4-3-5-12(13)14/h3-6,9H,7-8,10H2,1-2H3. The Labute approximate surface area is 112 Å². The second-order valence-electron chi connectivity index (χ2n) is 4.20. The minimum absolute atomic E-state index is 0.427. The molecule has 0 saturated heterocycles. The lowest BCUT2D eigenvalue weighted by Gasteiger charge is -2.21. The summed E-state index contributed by atoms with van der Waals surface area (Å²) in [5, 5.41) is 1.14. The Morgan fingerprint density at radius 1 is 1.33 bits per heavy atom. The number of hydrogen-bond acceptors (Lipinski definition) is 3. The van der Waals surface area contributed by atoms with Crippen LogP contribution < -0.4 is 4.90 Å². The van der Waals surface area contributed by atoms with Crippen molar-refractivity contribution in [3.05, 3.63) is 36.0 Å². The van der Waals surface area contributed by atoms with Gasteiger partial charge < -0.3 is 9.64 Å². The maximum atomic E-state index is 5.90. The molecule has 0 spiro atoms. The van der Waals surface area contributed by atoms with E-state index in [9.17, 15) is 0 Å². The number of benzene rings is 1. The van der Waals surface area contributed by atoms with Crippen molar-refractivity contribution in [1.29, 1.82) is 0 Å². The summed E-state index contributed by atoms with van der Waals surface area (Å²) in [6.07, 6.45) is 0. The van der Waals surface area contributed by atoms with Gasteiger partial charge in [0.1, 0.15) is 0 Å². The molecule has 1 aromatic carbocycles. The van der Waals surface area contributed by atoms with E-state index in [0.29, 0.717) is 12.5 Å². The fourth-order valence-electron chi connectivity index (χ4n) is 1.94. The second-order valence-corrected chi connectivity index (χ2v) is 4.47. The molecule has 0 aliphatic rings. The number of pyridine rings is 1. The van der Waals surface area contributed by atoms with Crippen molar-refractivity contribution in [1.82, 2.24) is 4.98 Å². The van der Waals surface area contributed by atoms with Gasteiger partial charge in [-0.3, -0.25) is 4.98 Å². The SMILES string of the molecule is COCCN(C)c1cc(CCl)nc2ccccc12. The molecule has 4 heteroatoms. The summed E-state index contributed by atoms with van der Waals surface area (Å²) in [7, 11) is 3.77. The molecule has 0 fully saturated rings. The number of ether oxygens (including phenoxy) is 1. The Bertz CT molecular complexity index is 530. The fraction of sp³-hybridized carbons (Fsp3) is 0.357. The maximum absolute atomic E-state index is 5.90. The van der Waals surface area contributed by atoms with Crippen molar-refractivity contribution in [2.24, 2.45) is 0 Å². The zero-order valence-corrected chi connectivity index (χ0v) is 11.4. The minimum Gasteiger partial charge on any atom is -0.383 e. The third-order valence-corrected chi connectivity index (χ3v) is 3.20. The van der Waals surface area contributed by atoms with E-state index in [1.807, 2.05) is 24.3 Å². The Balaban J connectivity index is 2.46. The van der Waals surface area contributed by atoms with Gasteiger partial charge in [0.15, 0.2) is 0 Å². The molecule has 96 valence electrons. The first-order valence-electron chi connectivity index (χ1n) is 5.91. The van der Waals surface area contributed by atoms with E-state index in [1.54, 1.807) is 7.11 Å². The molecule has 0 radical (unpaired) electrons. The van der Waals surface area contributed by atoms with Gasteiger partial charge in [-0.2, -0.15) is 0 Å². The average molecular weight is 265 g/mol. The molecule has 0 unspecified atom stereocenters. The van der Waals surface area contributed by atoms with Gasteiger partial charge in [-0.15, -0.1) is 11.6 Å². The molecule has 0 aliphatic carbocycles. The summed E-state index contributed by atoms with van der Waals surface area (Å²) >= 11 is 5.90. The Kier molecular flexibility index (Phi) is 4.39. The van der Waals surface area contributed by atoms with Gasteiger partial charge in [-0.1, -0.05) is 18.2 Å². The van der Waals surface area contributed by atoms with Crippen molar-refractivity contribution < 1.29 is 4.74 Å². The van der Waals surface area contributed by atoms with Gasteiger partial charge >= 0.3 is 0 Å². The molecule has 0 N–H and O–H groups in total. The van der Waals surface area contributed by atoms with Gasteiger partial charge in [-0.05, 0) is 12.1 Å². The number of rotatable bonds is 5. The molecule has 1 heterocycles. The van der Waals surface area contributed by atoms with Crippen LogP contribution in [0.15, 0.2) is 30.3 Å². The monoisotopic (exact) mass is 264 g/mol. The number of para-hydroxylation sites is 1. The number of anilines is 1. The highest BCUT2D eigenvalue weighted by Crippen LogP contribution is 2.26. The van der Waals surface area contributed by atoms with Gasteiger partial charge in [0.2, 0.25) is 0 Å². The number of alkyl halides is 1. The zero-order valence-electron chi connectivity index (χ0n) is 10.7. The second kappa shape index (κ2) is 6.03. The van der Waals surface area contributed by atoms with E-state index >= 15 is 0 Å². The molecule has 0 aliphatic heterocycles. The van der Waals surface area contributed by atoms with Crippen LogP contribution >= 0.6 is 11.6 Å². The first kappa shape index (κ1) is 13.1. The zero-order chi connectivity index (χ0) is 13.0. The Hall–Kier alpha value is -1.32. The summed E-state index contributed by atoms with van der Waals surface area (Å²) in [5.41, 5.74) is 3.03. The lowest BCUT2D eigenvalue weighted by atomic mass is 10.1. The topological polar surface area (TPSA) is 25.4 Å². The number of hydrogen-bond donors (Lipinski definition) is 0. The van der Waals surface area contributed by atoms with Crippen molar-refractivity contribution in [2.75, 3.05) is 32.2 Å². The van der Waals surface area contributed by atoms with Crippen molar-refractivity contribution >= 4 is 28.2 Å². The lowest BCUT2D eigenvalue weighted by Crippen LogP contribution is -2.22. The van der Waals surface area contributed by atoms with Crippen LogP contribution in [-0.2, 0) is 10.6 Å². The number of likely N-dealkylation sites (N-methyl/N-ethyl adjacent to an activating group) is 1. The number of nitrogens with zero attached hydrogens (tertiary/aromatic N) is 2. The first-order chi connectivity index (χ1) is 8.76. The van der Waals surface area contributed by atoms with E-state index in [-0.39, 0.29) is 0 Å². The molecule has 0 saturated carbocycles. The molecular formula is C14H17ClN2O. The Morgan fingerprint density at radius 2 is 2.11 bits per heavy atom. The third kappa shape index (κ3) is 2.74. The normalized spacial score (nSPS) is 10.8. The summed E-state index contributed by atoms with van der Waals surface area (Å²) in [6.45, 7) is 1.54. The van der Waals surface area contributed by atoms with Crippen LogP contribution in [0.2, 0.25) is 0 Å². The van der Waals surface area contributed by atoms with E-state index in [0.717, 1.165) is 28.8 Å². The quantitative estimate of drug-likeness (QED) is 0.776. The largest absolute Gasteiger partial charge is 0.383 e. The first-order valence-corrected chi connectivity index (χ1v) is 6.44. The highest BCUT2D eigenvalue weighted by atomic mass is 35.5. The Morgan fingerprint density at radius 3 is 2.83 bits per heavy atom. The molecule has 18 heavy (non-hydrogen) atoms. The van der Waals surface area contributed by atoms with Gasteiger partial charge in [0, 0.05) is 31.8 Å². The fourth-order valence-corrected chi connectivity index (χ4v) is 2.08. The third-order valence-electron chi connectivity index (χ3n) is 2.93. The van der Waals surface area contributed by atoms with Crippen LogP contribution in [0.4, 0.5) is 5.69 Å². The molecular weight excluding hydrogens is 248 g/mol. The minimum atomic E-state index is 0.427. The smallest absolute Gasteiger partial charge is 0.0726 e. The average Bonchev–Trinajstić information content (AvgIpc) is 2.43. The predicted molar refractivity (Wildman–Crippen MR) is 76.4 cm³/mol. The van der Waals surface area contributed by atoms with Gasteiger partial charge in [-0.25, -0.2) is 0 Å². The highest BCUT2D eigenvalue weighted by Gasteiger charge is 2.08. The van der Waals surface area contributed by atoms with Crippen LogP contribution in [0.5, 0.6) is 0 Å². The molecule has 0 amide bonds. The summed E-state index contributed by atoms with van der Waals surface area (Å²) in [6, 6.07) is 10.2. The summed E-state index contributed by atoms with van der Waals surface area (Å²) in [5.74, 6) is 0.427. The van der Waals surface area contributed by atoms with Crippen molar-refractivity contribution in [3.8, 4) is 0 Å². The lowest BCUT2D eigenvalue weighted by molar-refractivity contribution is 0.206. The number of aromatic nitrogens is 1.